The molecule has 2 saturated heterocycles. The van der Waals surface area contributed by atoms with Gasteiger partial charge in [0.1, 0.15) is 23.5 Å². The van der Waals surface area contributed by atoms with Crippen LogP contribution in [0.1, 0.15) is 116 Å². The second-order valence-electron chi connectivity index (χ2n) is 16.1. The van der Waals surface area contributed by atoms with E-state index in [1.807, 2.05) is 55.5 Å². The molecule has 4 N–H and O–H groups in total. The predicted octanol–water partition coefficient (Wildman–Crippen LogP) is 5.06. The lowest BCUT2D eigenvalue weighted by atomic mass is 9.63. The lowest BCUT2D eigenvalue weighted by Gasteiger charge is -2.46. The molecule has 2 rings (SSSR count). The third-order valence-electron chi connectivity index (χ3n) is 12.4. The number of nitrogens with one attached hydrogen (secondary N) is 1. The number of carbonyl (C=O) groups excluding carboxylic acids is 3. The van der Waals surface area contributed by atoms with Gasteiger partial charge in [0.05, 0.1) is 36.9 Å². The van der Waals surface area contributed by atoms with Gasteiger partial charge in [0.2, 0.25) is 0 Å². The van der Waals surface area contributed by atoms with E-state index in [-0.39, 0.29) is 41.7 Å². The van der Waals surface area contributed by atoms with Crippen molar-refractivity contribution in [3.05, 3.63) is 0 Å². The standard InChI is InChI=1S/C37H68N2O8/c1-15-28-35(10,11)47-34(43)29(38)21(4)22(5)30(40)20(3)17-36(12,16-2)25(8)23(6)31(24(7)33(42)46-28)44-19-27-18-37(13,39-14)32(41)26(9)45-27/h20-29,31-32,39,41H,15-19,38H2,1-14H3/t20-,21?,22?,23-,24?,25?,26?,27-,28-,29?,31+,32+,36-,37-/m1/s1. The number of ether oxygens (including phenoxy) is 4. The zero-order chi connectivity index (χ0) is 36.2. The summed E-state index contributed by atoms with van der Waals surface area (Å²) in [4.78, 5) is 41.1. The molecule has 2 heterocycles. The van der Waals surface area contributed by atoms with Gasteiger partial charge in [0.15, 0.2) is 0 Å². The van der Waals surface area contributed by atoms with Gasteiger partial charge in [-0.15, -0.1) is 0 Å². The zero-order valence-corrected chi connectivity index (χ0v) is 31.8. The summed E-state index contributed by atoms with van der Waals surface area (Å²) in [5, 5.41) is 14.0. The smallest absolute Gasteiger partial charge is 0.323 e. The minimum absolute atomic E-state index is 0.0626. The number of cyclic esters (lactones) is 2. The first-order valence-electron chi connectivity index (χ1n) is 18.0. The van der Waals surface area contributed by atoms with Crippen LogP contribution in [0.3, 0.4) is 0 Å². The Balaban J connectivity index is 2.56. The van der Waals surface area contributed by atoms with Crippen molar-refractivity contribution in [3.8, 4) is 0 Å². The Morgan fingerprint density at radius 3 is 2.04 bits per heavy atom. The average molecular weight is 669 g/mol. The third-order valence-corrected chi connectivity index (χ3v) is 12.4. The molecular weight excluding hydrogens is 600 g/mol. The summed E-state index contributed by atoms with van der Waals surface area (Å²) in [6.07, 6.45) is -0.223. The highest BCUT2D eigenvalue weighted by molar-refractivity contribution is 5.85. The van der Waals surface area contributed by atoms with Gasteiger partial charge in [-0.3, -0.25) is 14.4 Å². The second-order valence-corrected chi connectivity index (χ2v) is 16.1. The van der Waals surface area contributed by atoms with Crippen LogP contribution < -0.4 is 11.1 Å². The highest BCUT2D eigenvalue weighted by Gasteiger charge is 2.47. The number of rotatable bonds is 6. The molecular formula is C37H68N2O8. The number of hydrogen-bond donors (Lipinski definition) is 3. The SMILES string of the molecule is CC[C@H]1OC(=O)C(C)[C@@H](OC[C@H]2C[C@@](C)(NC)[C@@H](O)C(C)O2)[C@H](C)C(C)[C@](C)(CC)C[C@@H](C)C(=O)C(C)C(C)C(N)C(=O)OC1(C)C. The lowest BCUT2D eigenvalue weighted by molar-refractivity contribution is -0.194. The van der Waals surface area contributed by atoms with Gasteiger partial charge in [0.25, 0.3) is 0 Å². The summed E-state index contributed by atoms with van der Waals surface area (Å²) in [7, 11) is 1.83. The number of aliphatic hydroxyl groups is 1. The molecule has 0 amide bonds. The van der Waals surface area contributed by atoms with Gasteiger partial charge in [-0.1, -0.05) is 61.8 Å². The molecule has 0 bridgehead atoms. The molecule has 6 unspecified atom stereocenters. The molecule has 2 aliphatic rings. The maximum absolute atomic E-state index is 14.0. The first kappa shape index (κ1) is 41.6. The highest BCUT2D eigenvalue weighted by atomic mass is 16.6. The van der Waals surface area contributed by atoms with Crippen molar-refractivity contribution in [1.29, 1.82) is 0 Å². The largest absolute Gasteiger partial charge is 0.458 e. The number of likely N-dealkylation sites (N-methyl/N-ethyl adjacent to an activating group) is 1. The van der Waals surface area contributed by atoms with E-state index < -0.39 is 71.3 Å². The van der Waals surface area contributed by atoms with E-state index in [0.717, 1.165) is 6.42 Å². The van der Waals surface area contributed by atoms with Gasteiger partial charge in [-0.25, -0.2) is 0 Å². The summed E-state index contributed by atoms with van der Waals surface area (Å²) in [6.45, 7) is 25.5. The summed E-state index contributed by atoms with van der Waals surface area (Å²) in [5.74, 6) is -2.83. The van der Waals surface area contributed by atoms with Gasteiger partial charge < -0.3 is 35.1 Å². The Kier molecular flexibility index (Phi) is 14.5. The minimum atomic E-state index is -1.16. The topological polar surface area (TPSA) is 146 Å². The molecule has 0 aromatic rings. The van der Waals surface area contributed by atoms with Gasteiger partial charge in [-0.2, -0.15) is 0 Å². The summed E-state index contributed by atoms with van der Waals surface area (Å²) >= 11 is 0. The second kappa shape index (κ2) is 16.4. The van der Waals surface area contributed by atoms with E-state index in [9.17, 15) is 19.5 Å². The van der Waals surface area contributed by atoms with Crippen molar-refractivity contribution in [1.82, 2.24) is 5.32 Å². The van der Waals surface area contributed by atoms with Crippen LogP contribution in [0.4, 0.5) is 0 Å². The van der Waals surface area contributed by atoms with Gasteiger partial charge in [-0.05, 0) is 84.1 Å². The molecule has 14 atom stereocenters. The normalized spacial score (nSPS) is 44.7. The third kappa shape index (κ3) is 9.35. The molecule has 0 aromatic heterocycles. The molecule has 2 fully saturated rings. The number of Topliss-reactive ketones (excluding diaryl/α,β-unsaturated/α-hetero) is 1. The maximum atomic E-state index is 14.0. The fraction of sp³-hybridized carbons (Fsp3) is 0.919. The molecule has 0 aromatic carbocycles. The summed E-state index contributed by atoms with van der Waals surface area (Å²) in [5.41, 5.74) is 4.44. The van der Waals surface area contributed by atoms with Crippen LogP contribution in [0.2, 0.25) is 0 Å². The van der Waals surface area contributed by atoms with Crippen LogP contribution in [0.5, 0.6) is 0 Å². The molecule has 2 aliphatic heterocycles. The van der Waals surface area contributed by atoms with Crippen molar-refractivity contribution < 1.29 is 38.4 Å². The van der Waals surface area contributed by atoms with Crippen molar-refractivity contribution in [3.63, 3.8) is 0 Å². The fourth-order valence-electron chi connectivity index (χ4n) is 7.95. The van der Waals surface area contributed by atoms with E-state index >= 15 is 0 Å². The van der Waals surface area contributed by atoms with Gasteiger partial charge >= 0.3 is 11.9 Å². The average Bonchev–Trinajstić information content (AvgIpc) is 3.02. The fourth-order valence-corrected chi connectivity index (χ4v) is 7.95. The van der Waals surface area contributed by atoms with E-state index in [4.69, 9.17) is 24.7 Å². The van der Waals surface area contributed by atoms with Crippen molar-refractivity contribution >= 4 is 17.7 Å². The quantitative estimate of drug-likeness (QED) is 0.328. The molecule has 47 heavy (non-hydrogen) atoms. The first-order chi connectivity index (χ1) is 21.6. The summed E-state index contributed by atoms with van der Waals surface area (Å²) in [6, 6.07) is -1.01. The number of nitrogens with two attached hydrogens (primary N) is 1. The van der Waals surface area contributed by atoms with E-state index in [1.54, 1.807) is 13.8 Å². The van der Waals surface area contributed by atoms with Crippen LogP contribution in [-0.4, -0.2) is 84.2 Å². The number of carbonyl (C=O) groups is 3. The maximum Gasteiger partial charge on any atom is 0.323 e. The molecule has 10 nitrogen and oxygen atoms in total. The van der Waals surface area contributed by atoms with Crippen molar-refractivity contribution in [2.45, 2.75) is 163 Å². The predicted molar refractivity (Wildman–Crippen MR) is 183 cm³/mol. The Hall–Kier alpha value is -1.59. The van der Waals surface area contributed by atoms with Crippen LogP contribution >= 0.6 is 0 Å². The van der Waals surface area contributed by atoms with Crippen LogP contribution in [0, 0.1) is 40.9 Å². The number of aliphatic hydroxyl groups excluding tert-OH is 1. The Labute approximate surface area is 284 Å². The summed E-state index contributed by atoms with van der Waals surface area (Å²) < 4.78 is 24.9. The zero-order valence-electron chi connectivity index (χ0n) is 31.8. The monoisotopic (exact) mass is 668 g/mol. The van der Waals surface area contributed by atoms with Gasteiger partial charge in [0, 0.05) is 17.4 Å². The number of esters is 2. The lowest BCUT2D eigenvalue weighted by Crippen LogP contribution is -2.62. The van der Waals surface area contributed by atoms with E-state index in [2.05, 4.69) is 33.0 Å². The Bertz CT molecular complexity index is 1070. The number of ketones is 1. The molecule has 0 radical (unpaired) electrons. The van der Waals surface area contributed by atoms with Crippen molar-refractivity contribution in [2.75, 3.05) is 13.7 Å². The molecule has 10 heteroatoms. The Morgan fingerprint density at radius 2 is 1.51 bits per heavy atom. The minimum Gasteiger partial charge on any atom is -0.458 e. The van der Waals surface area contributed by atoms with Crippen LogP contribution in [-0.2, 0) is 33.3 Å². The van der Waals surface area contributed by atoms with Crippen molar-refractivity contribution in [2.24, 2.45) is 46.7 Å². The van der Waals surface area contributed by atoms with Crippen LogP contribution in [0.15, 0.2) is 0 Å². The van der Waals surface area contributed by atoms with Crippen LogP contribution in [0.25, 0.3) is 0 Å². The molecule has 0 saturated carbocycles. The first-order valence-corrected chi connectivity index (χ1v) is 18.0. The molecule has 0 aliphatic carbocycles. The molecule has 0 spiro atoms. The Morgan fingerprint density at radius 1 is 0.915 bits per heavy atom. The number of hydrogen-bond acceptors (Lipinski definition) is 10. The highest BCUT2D eigenvalue weighted by Crippen LogP contribution is 2.45. The van der Waals surface area contributed by atoms with E-state index in [1.165, 1.54) is 0 Å². The van der Waals surface area contributed by atoms with E-state index in [0.29, 0.717) is 19.3 Å². The molecule has 274 valence electrons.